The SMILES string of the molecule is O=C(CN1CCC(C(=O)NC2CC2)C1)NC1CC1. The molecule has 3 rings (SSSR count). The Balaban J connectivity index is 1.39. The molecule has 100 valence electrons. The molecule has 1 atom stereocenters. The Morgan fingerprint density at radius 1 is 1.00 bits per heavy atom. The molecule has 0 aromatic carbocycles. The summed E-state index contributed by atoms with van der Waals surface area (Å²) < 4.78 is 0. The Kier molecular flexibility index (Phi) is 3.24. The van der Waals surface area contributed by atoms with E-state index in [0.29, 0.717) is 18.6 Å². The van der Waals surface area contributed by atoms with Crippen molar-refractivity contribution < 1.29 is 9.59 Å². The fourth-order valence-corrected chi connectivity index (χ4v) is 2.44. The summed E-state index contributed by atoms with van der Waals surface area (Å²) in [6.07, 6.45) is 5.39. The fourth-order valence-electron chi connectivity index (χ4n) is 2.44. The molecule has 18 heavy (non-hydrogen) atoms. The van der Waals surface area contributed by atoms with Crippen molar-refractivity contribution in [2.45, 2.75) is 44.2 Å². The summed E-state index contributed by atoms with van der Waals surface area (Å²) >= 11 is 0. The molecule has 2 N–H and O–H groups in total. The molecule has 1 heterocycles. The minimum Gasteiger partial charge on any atom is -0.353 e. The van der Waals surface area contributed by atoms with Crippen LogP contribution in [-0.2, 0) is 9.59 Å². The van der Waals surface area contributed by atoms with Crippen LogP contribution in [0.3, 0.4) is 0 Å². The van der Waals surface area contributed by atoms with Crippen molar-refractivity contribution in [3.8, 4) is 0 Å². The molecule has 0 spiro atoms. The Bertz CT molecular complexity index is 350. The van der Waals surface area contributed by atoms with E-state index in [9.17, 15) is 9.59 Å². The van der Waals surface area contributed by atoms with Crippen LogP contribution in [0.5, 0.6) is 0 Å². The zero-order valence-electron chi connectivity index (χ0n) is 10.7. The molecule has 2 amide bonds. The van der Waals surface area contributed by atoms with Gasteiger partial charge in [0.25, 0.3) is 0 Å². The largest absolute Gasteiger partial charge is 0.353 e. The van der Waals surface area contributed by atoms with Crippen LogP contribution in [0.4, 0.5) is 0 Å². The second kappa shape index (κ2) is 4.88. The Morgan fingerprint density at radius 2 is 1.67 bits per heavy atom. The molecule has 1 saturated heterocycles. The van der Waals surface area contributed by atoms with Crippen molar-refractivity contribution in [3.05, 3.63) is 0 Å². The third-order valence-electron chi connectivity index (χ3n) is 3.88. The van der Waals surface area contributed by atoms with Crippen LogP contribution in [0.1, 0.15) is 32.1 Å². The van der Waals surface area contributed by atoms with Gasteiger partial charge in [0.15, 0.2) is 0 Å². The van der Waals surface area contributed by atoms with E-state index in [1.165, 1.54) is 0 Å². The number of rotatable bonds is 5. The van der Waals surface area contributed by atoms with Crippen molar-refractivity contribution in [2.24, 2.45) is 5.92 Å². The van der Waals surface area contributed by atoms with Crippen LogP contribution in [0.15, 0.2) is 0 Å². The molecule has 0 aromatic heterocycles. The van der Waals surface area contributed by atoms with Gasteiger partial charge in [0.05, 0.1) is 12.5 Å². The molecule has 0 radical (unpaired) electrons. The number of likely N-dealkylation sites (tertiary alicyclic amines) is 1. The van der Waals surface area contributed by atoms with Crippen LogP contribution in [0.25, 0.3) is 0 Å². The predicted octanol–water partition coefficient (Wildman–Crippen LogP) is -0.134. The number of nitrogens with one attached hydrogen (secondary N) is 2. The van der Waals surface area contributed by atoms with Gasteiger partial charge in [-0.25, -0.2) is 0 Å². The van der Waals surface area contributed by atoms with E-state index in [2.05, 4.69) is 15.5 Å². The van der Waals surface area contributed by atoms with Crippen LogP contribution < -0.4 is 10.6 Å². The second-order valence-corrected chi connectivity index (χ2v) is 5.85. The lowest BCUT2D eigenvalue weighted by atomic mass is 10.1. The van der Waals surface area contributed by atoms with Crippen molar-refractivity contribution in [1.29, 1.82) is 0 Å². The van der Waals surface area contributed by atoms with Gasteiger partial charge in [-0.2, -0.15) is 0 Å². The van der Waals surface area contributed by atoms with Crippen molar-refractivity contribution in [1.82, 2.24) is 15.5 Å². The number of hydrogen-bond acceptors (Lipinski definition) is 3. The molecule has 2 saturated carbocycles. The quantitative estimate of drug-likeness (QED) is 0.715. The average molecular weight is 251 g/mol. The fraction of sp³-hybridized carbons (Fsp3) is 0.846. The Labute approximate surface area is 107 Å². The van der Waals surface area contributed by atoms with Gasteiger partial charge in [0.1, 0.15) is 0 Å². The van der Waals surface area contributed by atoms with Gasteiger partial charge in [0, 0.05) is 18.6 Å². The van der Waals surface area contributed by atoms with E-state index in [1.807, 2.05) is 0 Å². The normalized spacial score (nSPS) is 28.1. The van der Waals surface area contributed by atoms with Crippen LogP contribution in [-0.4, -0.2) is 48.4 Å². The van der Waals surface area contributed by atoms with E-state index in [4.69, 9.17) is 0 Å². The first-order chi connectivity index (χ1) is 8.70. The van der Waals surface area contributed by atoms with Gasteiger partial charge in [0.2, 0.25) is 11.8 Å². The first kappa shape index (κ1) is 12.0. The van der Waals surface area contributed by atoms with E-state index in [0.717, 1.165) is 45.2 Å². The maximum atomic E-state index is 11.9. The van der Waals surface area contributed by atoms with Crippen molar-refractivity contribution in [3.63, 3.8) is 0 Å². The third-order valence-corrected chi connectivity index (χ3v) is 3.88. The predicted molar refractivity (Wildman–Crippen MR) is 66.9 cm³/mol. The summed E-state index contributed by atoms with van der Waals surface area (Å²) in [4.78, 5) is 25.6. The number of hydrogen-bond donors (Lipinski definition) is 2. The molecule has 1 unspecified atom stereocenters. The van der Waals surface area contributed by atoms with E-state index in [-0.39, 0.29) is 17.7 Å². The molecule has 2 aliphatic carbocycles. The molecule has 1 aliphatic heterocycles. The maximum Gasteiger partial charge on any atom is 0.234 e. The van der Waals surface area contributed by atoms with E-state index in [1.54, 1.807) is 0 Å². The van der Waals surface area contributed by atoms with E-state index >= 15 is 0 Å². The average Bonchev–Trinajstić information content (AvgIpc) is 3.23. The summed E-state index contributed by atoms with van der Waals surface area (Å²) in [6.45, 7) is 2.04. The van der Waals surface area contributed by atoms with E-state index < -0.39 is 0 Å². The highest BCUT2D eigenvalue weighted by atomic mass is 16.2. The topological polar surface area (TPSA) is 61.4 Å². The third kappa shape index (κ3) is 3.22. The number of carbonyl (C=O) groups excluding carboxylic acids is 2. The van der Waals surface area contributed by atoms with Gasteiger partial charge in [-0.05, 0) is 38.6 Å². The first-order valence-electron chi connectivity index (χ1n) is 7.03. The molecule has 5 heteroatoms. The van der Waals surface area contributed by atoms with Crippen LogP contribution in [0.2, 0.25) is 0 Å². The van der Waals surface area contributed by atoms with Gasteiger partial charge < -0.3 is 10.6 Å². The minimum absolute atomic E-state index is 0.0827. The summed E-state index contributed by atoms with van der Waals surface area (Å²) in [7, 11) is 0. The van der Waals surface area contributed by atoms with Gasteiger partial charge in [-0.15, -0.1) is 0 Å². The van der Waals surface area contributed by atoms with Gasteiger partial charge >= 0.3 is 0 Å². The lowest BCUT2D eigenvalue weighted by Gasteiger charge is -2.15. The lowest BCUT2D eigenvalue weighted by Crippen LogP contribution is -2.38. The number of amides is 2. The van der Waals surface area contributed by atoms with Crippen molar-refractivity contribution >= 4 is 11.8 Å². The standard InChI is InChI=1S/C13H21N3O2/c17-12(14-10-1-2-10)8-16-6-5-9(7-16)13(18)15-11-3-4-11/h9-11H,1-8H2,(H,14,17)(H,15,18). The molecule has 0 aromatic rings. The number of nitrogens with zero attached hydrogens (tertiary/aromatic N) is 1. The summed E-state index contributed by atoms with van der Waals surface area (Å²) in [5.41, 5.74) is 0. The molecular formula is C13H21N3O2. The monoisotopic (exact) mass is 251 g/mol. The summed E-state index contributed by atoms with van der Waals surface area (Å²) in [6, 6.07) is 0.860. The lowest BCUT2D eigenvalue weighted by molar-refractivity contribution is -0.125. The van der Waals surface area contributed by atoms with Crippen molar-refractivity contribution in [2.75, 3.05) is 19.6 Å². The minimum atomic E-state index is 0.0827. The molecule has 5 nitrogen and oxygen atoms in total. The highest BCUT2D eigenvalue weighted by Gasteiger charge is 2.33. The molecule has 3 aliphatic rings. The van der Waals surface area contributed by atoms with Crippen LogP contribution in [0, 0.1) is 5.92 Å². The molecule has 3 fully saturated rings. The van der Waals surface area contributed by atoms with Gasteiger partial charge in [-0.3, -0.25) is 14.5 Å². The first-order valence-corrected chi connectivity index (χ1v) is 7.03. The zero-order valence-corrected chi connectivity index (χ0v) is 10.7. The zero-order chi connectivity index (χ0) is 12.5. The molecular weight excluding hydrogens is 230 g/mol. The second-order valence-electron chi connectivity index (χ2n) is 5.85. The smallest absolute Gasteiger partial charge is 0.234 e. The van der Waals surface area contributed by atoms with Crippen LogP contribution >= 0.6 is 0 Å². The highest BCUT2D eigenvalue weighted by Crippen LogP contribution is 2.22. The highest BCUT2D eigenvalue weighted by molar-refractivity contribution is 5.81. The summed E-state index contributed by atoms with van der Waals surface area (Å²) in [5.74, 6) is 0.377. The summed E-state index contributed by atoms with van der Waals surface area (Å²) in [5, 5.41) is 6.03. The Morgan fingerprint density at radius 3 is 2.33 bits per heavy atom. The molecule has 0 bridgehead atoms. The van der Waals surface area contributed by atoms with Gasteiger partial charge in [-0.1, -0.05) is 0 Å². The number of carbonyl (C=O) groups is 2. The maximum absolute atomic E-state index is 11.9. The Hall–Kier alpha value is -1.10.